The molecule has 0 aliphatic heterocycles. The highest BCUT2D eigenvalue weighted by Crippen LogP contribution is 2.60. The van der Waals surface area contributed by atoms with Gasteiger partial charge in [0.1, 0.15) is 18.0 Å². The highest BCUT2D eigenvalue weighted by atomic mass is 16.6. The average molecular weight is 421 g/mol. The van der Waals surface area contributed by atoms with E-state index in [4.69, 9.17) is 14.2 Å². The summed E-state index contributed by atoms with van der Waals surface area (Å²) in [4.78, 5) is 25.8. The SMILES string of the molecule is COc1cccc(C(=O)OC2CC3C4CCC(C4)C3C2OC(=O)c2cccc(C)c2)c1. The van der Waals surface area contributed by atoms with Crippen LogP contribution in [0, 0.1) is 30.6 Å². The molecule has 0 heterocycles. The minimum absolute atomic E-state index is 0.288. The largest absolute Gasteiger partial charge is 0.497 e. The summed E-state index contributed by atoms with van der Waals surface area (Å²) in [6.45, 7) is 1.96. The molecule has 0 N–H and O–H groups in total. The quantitative estimate of drug-likeness (QED) is 0.649. The first kappa shape index (κ1) is 20.1. The molecule has 6 atom stereocenters. The van der Waals surface area contributed by atoms with Gasteiger partial charge in [-0.1, -0.05) is 23.8 Å². The van der Waals surface area contributed by atoms with Crippen molar-refractivity contribution in [2.24, 2.45) is 23.7 Å². The van der Waals surface area contributed by atoms with Crippen molar-refractivity contribution in [2.45, 2.75) is 44.8 Å². The third-order valence-electron chi connectivity index (χ3n) is 7.47. The van der Waals surface area contributed by atoms with E-state index in [0.29, 0.717) is 34.6 Å². The fourth-order valence-corrected chi connectivity index (χ4v) is 6.16. The van der Waals surface area contributed by atoms with Crippen LogP contribution in [0.1, 0.15) is 52.0 Å². The van der Waals surface area contributed by atoms with Gasteiger partial charge in [0.25, 0.3) is 0 Å². The van der Waals surface area contributed by atoms with E-state index < -0.39 is 12.1 Å². The fourth-order valence-electron chi connectivity index (χ4n) is 6.16. The van der Waals surface area contributed by atoms with Gasteiger partial charge in [-0.25, -0.2) is 9.59 Å². The number of fused-ring (bicyclic) bond motifs is 5. The van der Waals surface area contributed by atoms with Crippen molar-refractivity contribution in [3.8, 4) is 5.75 Å². The second-order valence-corrected chi connectivity index (χ2v) is 9.23. The minimum Gasteiger partial charge on any atom is -0.497 e. The number of carbonyl (C=O) groups is 2. The first-order valence-electron chi connectivity index (χ1n) is 11.2. The molecule has 0 spiro atoms. The number of esters is 2. The van der Waals surface area contributed by atoms with Crippen LogP contribution in [-0.4, -0.2) is 31.3 Å². The van der Waals surface area contributed by atoms with Crippen molar-refractivity contribution in [1.29, 1.82) is 0 Å². The van der Waals surface area contributed by atoms with Crippen molar-refractivity contribution in [1.82, 2.24) is 0 Å². The number of hydrogen-bond acceptors (Lipinski definition) is 5. The molecule has 162 valence electrons. The van der Waals surface area contributed by atoms with Crippen molar-refractivity contribution < 1.29 is 23.8 Å². The Bertz CT molecular complexity index is 999. The minimum atomic E-state index is -0.411. The van der Waals surface area contributed by atoms with Crippen LogP contribution in [0.4, 0.5) is 0 Å². The third kappa shape index (κ3) is 3.71. The van der Waals surface area contributed by atoms with Crippen LogP contribution in [0.2, 0.25) is 0 Å². The lowest BCUT2D eigenvalue weighted by Gasteiger charge is -2.29. The molecule has 3 aliphatic rings. The van der Waals surface area contributed by atoms with Crippen LogP contribution in [0.15, 0.2) is 48.5 Å². The molecule has 6 unspecified atom stereocenters. The van der Waals surface area contributed by atoms with E-state index in [-0.39, 0.29) is 18.0 Å². The molecule has 0 radical (unpaired) electrons. The normalized spacial score (nSPS) is 30.6. The first-order chi connectivity index (χ1) is 15.0. The Morgan fingerprint density at radius 2 is 1.58 bits per heavy atom. The maximum atomic E-state index is 13.0. The van der Waals surface area contributed by atoms with Gasteiger partial charge in [-0.2, -0.15) is 0 Å². The van der Waals surface area contributed by atoms with E-state index in [0.717, 1.165) is 12.0 Å². The molecule has 2 aromatic rings. The molecule has 0 saturated heterocycles. The highest BCUT2D eigenvalue weighted by Gasteiger charge is 2.59. The van der Waals surface area contributed by atoms with Gasteiger partial charge in [0.05, 0.1) is 18.2 Å². The van der Waals surface area contributed by atoms with Crippen LogP contribution in [0.25, 0.3) is 0 Å². The number of carbonyl (C=O) groups excluding carboxylic acids is 2. The maximum Gasteiger partial charge on any atom is 0.338 e. The van der Waals surface area contributed by atoms with Crippen LogP contribution >= 0.6 is 0 Å². The molecule has 3 fully saturated rings. The lowest BCUT2D eigenvalue weighted by molar-refractivity contribution is -0.0417. The van der Waals surface area contributed by atoms with E-state index in [1.54, 1.807) is 37.4 Å². The number of hydrogen-bond donors (Lipinski definition) is 0. The lowest BCUT2D eigenvalue weighted by Crippen LogP contribution is -2.37. The first-order valence-corrected chi connectivity index (χ1v) is 11.2. The standard InChI is InChI=1S/C26H28O5/c1-15-5-3-6-18(11-15)26(28)31-24-22(14-21-16-9-10-17(12-16)23(21)24)30-25(27)19-7-4-8-20(13-19)29-2/h3-8,11,13,16-17,21-24H,9-10,12,14H2,1-2H3. The van der Waals surface area contributed by atoms with Crippen molar-refractivity contribution in [2.75, 3.05) is 7.11 Å². The van der Waals surface area contributed by atoms with Gasteiger partial charge in [-0.05, 0) is 80.7 Å². The summed E-state index contributed by atoms with van der Waals surface area (Å²) < 4.78 is 17.3. The predicted molar refractivity (Wildman–Crippen MR) is 115 cm³/mol. The topological polar surface area (TPSA) is 61.8 Å². The summed E-state index contributed by atoms with van der Waals surface area (Å²) in [6.07, 6.45) is 3.60. The summed E-state index contributed by atoms with van der Waals surface area (Å²) in [5.74, 6) is 1.86. The Kier molecular flexibility index (Phi) is 5.20. The van der Waals surface area contributed by atoms with Crippen LogP contribution in [0.5, 0.6) is 5.75 Å². The van der Waals surface area contributed by atoms with Gasteiger partial charge in [-0.3, -0.25) is 0 Å². The Morgan fingerprint density at radius 1 is 0.871 bits per heavy atom. The van der Waals surface area contributed by atoms with Crippen LogP contribution in [-0.2, 0) is 9.47 Å². The summed E-state index contributed by atoms with van der Waals surface area (Å²) in [6, 6.07) is 14.4. The molecule has 5 nitrogen and oxygen atoms in total. The number of methoxy groups -OCH3 is 1. The molecule has 2 aromatic carbocycles. The van der Waals surface area contributed by atoms with Crippen molar-refractivity contribution in [3.05, 3.63) is 65.2 Å². The molecule has 5 rings (SSSR count). The summed E-state index contributed by atoms with van der Waals surface area (Å²) in [5, 5.41) is 0. The van der Waals surface area contributed by atoms with E-state index in [1.165, 1.54) is 19.3 Å². The van der Waals surface area contributed by atoms with Gasteiger partial charge in [0, 0.05) is 5.92 Å². The van der Waals surface area contributed by atoms with Gasteiger partial charge in [0.15, 0.2) is 0 Å². The zero-order valence-electron chi connectivity index (χ0n) is 18.0. The summed E-state index contributed by atoms with van der Waals surface area (Å²) in [5.41, 5.74) is 2.01. The second-order valence-electron chi connectivity index (χ2n) is 9.23. The monoisotopic (exact) mass is 420 g/mol. The van der Waals surface area contributed by atoms with Gasteiger partial charge < -0.3 is 14.2 Å². The molecule has 0 amide bonds. The number of ether oxygens (including phenoxy) is 3. The van der Waals surface area contributed by atoms with Crippen LogP contribution in [0.3, 0.4) is 0 Å². The van der Waals surface area contributed by atoms with Crippen molar-refractivity contribution in [3.63, 3.8) is 0 Å². The average Bonchev–Trinajstić information content (AvgIpc) is 3.47. The summed E-state index contributed by atoms with van der Waals surface area (Å²) >= 11 is 0. The van der Waals surface area contributed by atoms with Crippen LogP contribution < -0.4 is 4.74 Å². The smallest absolute Gasteiger partial charge is 0.338 e. The third-order valence-corrected chi connectivity index (χ3v) is 7.47. The van der Waals surface area contributed by atoms with Gasteiger partial charge in [-0.15, -0.1) is 0 Å². The Hall–Kier alpha value is -2.82. The Labute approximate surface area is 182 Å². The predicted octanol–water partition coefficient (Wildman–Crippen LogP) is 4.82. The number of aryl methyl sites for hydroxylation is 1. The van der Waals surface area contributed by atoms with Gasteiger partial charge in [0.2, 0.25) is 0 Å². The molecule has 0 aromatic heterocycles. The second kappa shape index (κ2) is 8.03. The number of rotatable bonds is 5. The highest BCUT2D eigenvalue weighted by molar-refractivity contribution is 5.91. The fraction of sp³-hybridized carbons (Fsp3) is 0.462. The molecule has 2 bridgehead atoms. The van der Waals surface area contributed by atoms with Crippen molar-refractivity contribution >= 4 is 11.9 Å². The Balaban J connectivity index is 1.37. The zero-order valence-corrected chi connectivity index (χ0v) is 18.0. The molecular formula is C26H28O5. The molecule has 3 saturated carbocycles. The Morgan fingerprint density at radius 3 is 2.35 bits per heavy atom. The van der Waals surface area contributed by atoms with E-state index >= 15 is 0 Å². The molecular weight excluding hydrogens is 392 g/mol. The van der Waals surface area contributed by atoms with E-state index in [9.17, 15) is 9.59 Å². The molecule has 3 aliphatic carbocycles. The maximum absolute atomic E-state index is 13.0. The van der Waals surface area contributed by atoms with Gasteiger partial charge >= 0.3 is 11.9 Å². The van der Waals surface area contributed by atoms with E-state index in [1.807, 2.05) is 25.1 Å². The van der Waals surface area contributed by atoms with E-state index in [2.05, 4.69) is 0 Å². The summed E-state index contributed by atoms with van der Waals surface area (Å²) in [7, 11) is 1.57. The number of benzene rings is 2. The molecule has 31 heavy (non-hydrogen) atoms. The molecule has 5 heteroatoms. The zero-order chi connectivity index (χ0) is 21.5. The lowest BCUT2D eigenvalue weighted by atomic mass is 9.81.